The van der Waals surface area contributed by atoms with Gasteiger partial charge in [-0.2, -0.15) is 0 Å². The molecule has 0 aliphatic carbocycles. The molecule has 0 unspecified atom stereocenters. The molecule has 4 rings (SSSR count). The lowest BCUT2D eigenvalue weighted by molar-refractivity contribution is 0.0526. The van der Waals surface area contributed by atoms with E-state index < -0.39 is 0 Å². The molecule has 1 aliphatic rings. The maximum absolute atomic E-state index is 12.9. The summed E-state index contributed by atoms with van der Waals surface area (Å²) in [6.07, 6.45) is 5.20. The first kappa shape index (κ1) is 19.2. The minimum atomic E-state index is -0.330. The molecule has 0 atom stereocenters. The fraction of sp³-hybridized carbons (Fsp3) is 0.348. The first-order valence-corrected chi connectivity index (χ1v) is 10.1. The number of benzene rings is 1. The average Bonchev–Trinajstić information content (AvgIpc) is 3.09. The fourth-order valence-corrected chi connectivity index (χ4v) is 3.89. The molecule has 0 saturated carbocycles. The van der Waals surface area contributed by atoms with Gasteiger partial charge in [0.1, 0.15) is 5.65 Å². The molecule has 1 amide bonds. The normalized spacial score (nSPS) is 14.2. The van der Waals surface area contributed by atoms with E-state index in [0.717, 1.165) is 48.5 Å². The van der Waals surface area contributed by atoms with E-state index in [0.29, 0.717) is 17.7 Å². The quantitative estimate of drug-likeness (QED) is 0.628. The summed E-state index contributed by atoms with van der Waals surface area (Å²) in [5.74, 6) is -0.259. The zero-order chi connectivity index (χ0) is 20.4. The summed E-state index contributed by atoms with van der Waals surface area (Å²) < 4.78 is 7.02. The van der Waals surface area contributed by atoms with Gasteiger partial charge < -0.3 is 9.64 Å². The first-order valence-electron chi connectivity index (χ1n) is 10.1. The van der Waals surface area contributed by atoms with E-state index in [1.54, 1.807) is 19.1 Å². The van der Waals surface area contributed by atoms with Crippen LogP contribution in [0.5, 0.6) is 0 Å². The molecule has 0 radical (unpaired) electrons. The van der Waals surface area contributed by atoms with Crippen LogP contribution in [0.1, 0.15) is 52.6 Å². The fourth-order valence-electron chi connectivity index (χ4n) is 3.89. The van der Waals surface area contributed by atoms with E-state index in [1.165, 1.54) is 6.42 Å². The minimum Gasteiger partial charge on any atom is -0.462 e. The van der Waals surface area contributed by atoms with Crippen LogP contribution in [0.25, 0.3) is 16.9 Å². The van der Waals surface area contributed by atoms with E-state index in [2.05, 4.69) is 4.98 Å². The molecular formula is C23H25N3O3. The summed E-state index contributed by atoms with van der Waals surface area (Å²) in [6.45, 7) is 5.73. The third kappa shape index (κ3) is 3.75. The molecule has 0 bridgehead atoms. The molecule has 1 fully saturated rings. The van der Waals surface area contributed by atoms with Crippen LogP contribution in [0, 0.1) is 6.92 Å². The van der Waals surface area contributed by atoms with Crippen LogP contribution in [-0.2, 0) is 4.74 Å². The zero-order valence-corrected chi connectivity index (χ0v) is 16.9. The largest absolute Gasteiger partial charge is 0.462 e. The second kappa shape index (κ2) is 8.07. The van der Waals surface area contributed by atoms with Crippen molar-refractivity contribution in [2.24, 2.45) is 0 Å². The lowest BCUT2D eigenvalue weighted by Gasteiger charge is -2.26. The van der Waals surface area contributed by atoms with Crippen LogP contribution in [0.2, 0.25) is 0 Å². The number of amides is 1. The number of piperidine rings is 1. The molecule has 29 heavy (non-hydrogen) atoms. The zero-order valence-electron chi connectivity index (χ0n) is 16.9. The Balaban J connectivity index is 1.70. The number of imidazole rings is 1. The number of carbonyl (C=O) groups is 2. The summed E-state index contributed by atoms with van der Waals surface area (Å²) >= 11 is 0. The van der Waals surface area contributed by atoms with E-state index in [1.807, 2.05) is 46.7 Å². The Morgan fingerprint density at radius 1 is 1.00 bits per heavy atom. The molecule has 1 aliphatic heterocycles. The van der Waals surface area contributed by atoms with Crippen molar-refractivity contribution in [1.82, 2.24) is 14.3 Å². The number of esters is 1. The minimum absolute atomic E-state index is 0.0709. The van der Waals surface area contributed by atoms with Gasteiger partial charge in [0.2, 0.25) is 0 Å². The molecule has 0 N–H and O–H groups in total. The van der Waals surface area contributed by atoms with Gasteiger partial charge in [-0.15, -0.1) is 0 Å². The summed E-state index contributed by atoms with van der Waals surface area (Å²) in [5, 5.41) is 0. The van der Waals surface area contributed by atoms with Crippen LogP contribution in [-0.4, -0.2) is 45.9 Å². The van der Waals surface area contributed by atoms with Crippen molar-refractivity contribution in [3.05, 3.63) is 59.4 Å². The van der Waals surface area contributed by atoms with Crippen LogP contribution >= 0.6 is 0 Å². The Kier molecular flexibility index (Phi) is 5.34. The molecule has 3 heterocycles. The highest BCUT2D eigenvalue weighted by atomic mass is 16.5. The highest BCUT2D eigenvalue weighted by Crippen LogP contribution is 2.26. The van der Waals surface area contributed by atoms with Gasteiger partial charge >= 0.3 is 5.97 Å². The third-order valence-electron chi connectivity index (χ3n) is 5.35. The molecule has 0 spiro atoms. The molecule has 6 nitrogen and oxygen atoms in total. The van der Waals surface area contributed by atoms with Crippen molar-refractivity contribution in [1.29, 1.82) is 0 Å². The molecular weight excluding hydrogens is 366 g/mol. The van der Waals surface area contributed by atoms with Crippen LogP contribution in [0.4, 0.5) is 0 Å². The van der Waals surface area contributed by atoms with E-state index >= 15 is 0 Å². The highest BCUT2D eigenvalue weighted by molar-refractivity contribution is 5.94. The Hall–Kier alpha value is -3.15. The van der Waals surface area contributed by atoms with Crippen LogP contribution < -0.4 is 0 Å². The lowest BCUT2D eigenvalue weighted by Crippen LogP contribution is -2.35. The number of aryl methyl sites for hydroxylation is 1. The standard InChI is InChI=1S/C23H25N3O3/c1-3-29-23(28)18-9-7-17(8-10-18)21-16(2)24-20-12-11-19(15-26(20)21)22(27)25-13-5-4-6-14-25/h7-12,15H,3-6,13-14H2,1-2H3. The molecule has 2 aromatic heterocycles. The molecule has 6 heteroatoms. The molecule has 1 saturated heterocycles. The van der Waals surface area contributed by atoms with Crippen LogP contribution in [0.3, 0.4) is 0 Å². The number of aromatic nitrogens is 2. The van der Waals surface area contributed by atoms with E-state index in [9.17, 15) is 9.59 Å². The summed E-state index contributed by atoms with van der Waals surface area (Å²) in [6, 6.07) is 11.0. The van der Waals surface area contributed by atoms with E-state index in [-0.39, 0.29) is 11.9 Å². The highest BCUT2D eigenvalue weighted by Gasteiger charge is 2.20. The predicted octanol–water partition coefficient (Wildman–Crippen LogP) is 4.11. The lowest BCUT2D eigenvalue weighted by atomic mass is 10.1. The summed E-state index contributed by atoms with van der Waals surface area (Å²) in [5.41, 5.74) is 4.71. The van der Waals surface area contributed by atoms with Crippen molar-refractivity contribution in [2.45, 2.75) is 33.1 Å². The number of rotatable bonds is 4. The Morgan fingerprint density at radius 3 is 2.38 bits per heavy atom. The Labute approximate surface area is 170 Å². The summed E-state index contributed by atoms with van der Waals surface area (Å²) in [4.78, 5) is 31.4. The maximum Gasteiger partial charge on any atom is 0.338 e. The van der Waals surface area contributed by atoms with Gasteiger partial charge in [0.05, 0.1) is 29.1 Å². The predicted molar refractivity (Wildman–Crippen MR) is 111 cm³/mol. The summed E-state index contributed by atoms with van der Waals surface area (Å²) in [7, 11) is 0. The van der Waals surface area contributed by atoms with Gasteiger partial charge in [-0.3, -0.25) is 9.20 Å². The second-order valence-electron chi connectivity index (χ2n) is 7.34. The Morgan fingerprint density at radius 2 is 1.69 bits per heavy atom. The van der Waals surface area contributed by atoms with Gasteiger partial charge in [-0.1, -0.05) is 12.1 Å². The topological polar surface area (TPSA) is 63.9 Å². The van der Waals surface area contributed by atoms with Gasteiger partial charge in [0, 0.05) is 24.8 Å². The van der Waals surface area contributed by atoms with Crippen molar-refractivity contribution >= 4 is 17.5 Å². The molecule has 150 valence electrons. The number of carbonyl (C=O) groups excluding carboxylic acids is 2. The van der Waals surface area contributed by atoms with Gasteiger partial charge in [0.15, 0.2) is 0 Å². The number of ether oxygens (including phenoxy) is 1. The SMILES string of the molecule is CCOC(=O)c1ccc(-c2c(C)nc3ccc(C(=O)N4CCCCC4)cn23)cc1. The third-order valence-corrected chi connectivity index (χ3v) is 5.35. The number of hydrogen-bond acceptors (Lipinski definition) is 4. The van der Waals surface area contributed by atoms with Crippen molar-refractivity contribution in [2.75, 3.05) is 19.7 Å². The number of hydrogen-bond donors (Lipinski definition) is 0. The van der Waals surface area contributed by atoms with Crippen molar-refractivity contribution < 1.29 is 14.3 Å². The van der Waals surface area contributed by atoms with Gasteiger partial charge in [-0.25, -0.2) is 9.78 Å². The first-order chi connectivity index (χ1) is 14.1. The number of pyridine rings is 1. The number of likely N-dealkylation sites (tertiary alicyclic amines) is 1. The average molecular weight is 391 g/mol. The van der Waals surface area contributed by atoms with Crippen molar-refractivity contribution in [3.63, 3.8) is 0 Å². The Bertz CT molecular complexity index is 1050. The second-order valence-corrected chi connectivity index (χ2v) is 7.34. The smallest absolute Gasteiger partial charge is 0.338 e. The number of fused-ring (bicyclic) bond motifs is 1. The van der Waals surface area contributed by atoms with Crippen LogP contribution in [0.15, 0.2) is 42.6 Å². The van der Waals surface area contributed by atoms with Crippen molar-refractivity contribution in [3.8, 4) is 11.3 Å². The number of nitrogens with zero attached hydrogens (tertiary/aromatic N) is 3. The van der Waals surface area contributed by atoms with Gasteiger partial charge in [-0.05, 0) is 57.4 Å². The van der Waals surface area contributed by atoms with E-state index in [4.69, 9.17) is 4.74 Å². The molecule has 3 aromatic rings. The van der Waals surface area contributed by atoms with Gasteiger partial charge in [0.25, 0.3) is 5.91 Å². The molecule has 1 aromatic carbocycles. The maximum atomic E-state index is 12.9. The monoisotopic (exact) mass is 391 g/mol.